The largest absolute Gasteiger partial charge is 0.494 e. The molecule has 0 saturated carbocycles. The summed E-state index contributed by atoms with van der Waals surface area (Å²) in [5.41, 5.74) is 5.76. The van der Waals surface area contributed by atoms with Gasteiger partial charge in [-0.25, -0.2) is 9.78 Å². The number of methoxy groups -OCH3 is 1. The van der Waals surface area contributed by atoms with Gasteiger partial charge >= 0.3 is 5.69 Å². The van der Waals surface area contributed by atoms with E-state index in [1.54, 1.807) is 5.38 Å². The second kappa shape index (κ2) is 11.1. The van der Waals surface area contributed by atoms with Crippen LogP contribution >= 0.6 is 11.3 Å². The monoisotopic (exact) mass is 487 g/mol. The molecule has 3 N–H and O–H groups in total. The molecule has 0 radical (unpaired) electrons. The van der Waals surface area contributed by atoms with Crippen LogP contribution < -0.4 is 26.6 Å². The number of benzene rings is 1. The van der Waals surface area contributed by atoms with Gasteiger partial charge in [-0.1, -0.05) is 13.8 Å². The van der Waals surface area contributed by atoms with E-state index < -0.39 is 17.2 Å². The Morgan fingerprint density at radius 2 is 1.97 bits per heavy atom. The predicted molar refractivity (Wildman–Crippen MR) is 133 cm³/mol. The summed E-state index contributed by atoms with van der Waals surface area (Å²) in [6.07, 6.45) is 0. The smallest absolute Gasteiger partial charge is 0.330 e. The zero-order valence-electron chi connectivity index (χ0n) is 19.7. The summed E-state index contributed by atoms with van der Waals surface area (Å²) in [5.74, 6) is 0.250. The molecule has 0 aliphatic rings. The first-order chi connectivity index (χ1) is 16.3. The zero-order valence-corrected chi connectivity index (χ0v) is 20.5. The lowest BCUT2D eigenvalue weighted by molar-refractivity contribution is 0.0971. The molecule has 0 saturated heterocycles. The molecule has 2 aromatic heterocycles. The minimum Gasteiger partial charge on any atom is -0.494 e. The second-order valence-corrected chi connectivity index (χ2v) is 8.80. The molecule has 34 heavy (non-hydrogen) atoms. The van der Waals surface area contributed by atoms with Gasteiger partial charge in [0.05, 0.1) is 13.2 Å². The molecular formula is C23H29N5O5S. The van der Waals surface area contributed by atoms with Crippen LogP contribution in [-0.4, -0.2) is 47.3 Å². The maximum absolute atomic E-state index is 13.5. The van der Waals surface area contributed by atoms with Gasteiger partial charge in [-0.2, -0.15) is 0 Å². The second-order valence-electron chi connectivity index (χ2n) is 7.94. The van der Waals surface area contributed by atoms with Gasteiger partial charge in [-0.15, -0.1) is 11.3 Å². The number of nitrogens with one attached hydrogen (secondary N) is 1. The highest BCUT2D eigenvalue weighted by molar-refractivity contribution is 7.13. The van der Waals surface area contributed by atoms with Crippen LogP contribution in [0.25, 0.3) is 10.6 Å². The molecule has 2 heterocycles. The number of H-pyrrole nitrogens is 1. The summed E-state index contributed by atoms with van der Waals surface area (Å²) < 4.78 is 11.9. The van der Waals surface area contributed by atoms with E-state index in [1.807, 2.05) is 45.0 Å². The molecule has 0 aliphatic carbocycles. The lowest BCUT2D eigenvalue weighted by Crippen LogP contribution is -2.43. The summed E-state index contributed by atoms with van der Waals surface area (Å²) in [6.45, 7) is 6.82. The molecule has 182 valence electrons. The van der Waals surface area contributed by atoms with Crippen LogP contribution in [0.15, 0.2) is 39.2 Å². The van der Waals surface area contributed by atoms with Crippen molar-refractivity contribution in [2.45, 2.75) is 27.3 Å². The maximum Gasteiger partial charge on any atom is 0.330 e. The van der Waals surface area contributed by atoms with Gasteiger partial charge in [0.1, 0.15) is 22.3 Å². The van der Waals surface area contributed by atoms with Crippen LogP contribution in [0.1, 0.15) is 31.3 Å². The number of nitrogen functional groups attached to an aromatic ring is 1. The van der Waals surface area contributed by atoms with Crippen molar-refractivity contribution in [2.24, 2.45) is 5.92 Å². The van der Waals surface area contributed by atoms with E-state index in [0.29, 0.717) is 18.2 Å². The third kappa shape index (κ3) is 5.54. The van der Waals surface area contributed by atoms with Crippen LogP contribution in [0, 0.1) is 5.92 Å². The highest BCUT2D eigenvalue weighted by Crippen LogP contribution is 2.27. The molecule has 1 aromatic carbocycles. The SMILES string of the molecule is CCOc1ccc(-c2nc(C(=O)N(CCOC)c3c(N)n(CC(C)C)c(=O)[nH]c3=O)cs2)cc1. The Hall–Kier alpha value is -3.44. The van der Waals surface area contributed by atoms with Crippen LogP contribution in [0.3, 0.4) is 0 Å². The quantitative estimate of drug-likeness (QED) is 0.449. The lowest BCUT2D eigenvalue weighted by Gasteiger charge is -2.24. The van der Waals surface area contributed by atoms with E-state index >= 15 is 0 Å². The van der Waals surface area contributed by atoms with Crippen molar-refractivity contribution < 1.29 is 14.3 Å². The van der Waals surface area contributed by atoms with E-state index in [2.05, 4.69) is 9.97 Å². The van der Waals surface area contributed by atoms with Crippen molar-refractivity contribution in [1.82, 2.24) is 14.5 Å². The summed E-state index contributed by atoms with van der Waals surface area (Å²) in [5, 5.41) is 2.27. The average Bonchev–Trinajstić information content (AvgIpc) is 3.29. The summed E-state index contributed by atoms with van der Waals surface area (Å²) in [4.78, 5) is 46.5. The van der Waals surface area contributed by atoms with Crippen molar-refractivity contribution >= 4 is 28.7 Å². The average molecular weight is 488 g/mol. The van der Waals surface area contributed by atoms with E-state index in [0.717, 1.165) is 11.3 Å². The number of carbonyl (C=O) groups excluding carboxylic acids is 1. The Morgan fingerprint density at radius 3 is 2.59 bits per heavy atom. The number of hydrogen-bond donors (Lipinski definition) is 2. The standard InChI is InChI=1S/C23H29N5O5S/c1-5-33-16-8-6-15(7-9-16)21-25-17(13-34-21)22(30)27(10-11-32-4)18-19(24)28(12-14(2)3)23(31)26-20(18)29/h6-9,13-14H,5,10-12,24H2,1-4H3,(H,26,29,31). The van der Waals surface area contributed by atoms with Crippen LogP contribution in [0.4, 0.5) is 11.5 Å². The van der Waals surface area contributed by atoms with E-state index in [4.69, 9.17) is 15.2 Å². The fourth-order valence-electron chi connectivity index (χ4n) is 3.39. The number of nitrogens with two attached hydrogens (primary N) is 1. The maximum atomic E-state index is 13.5. The number of thiazole rings is 1. The minimum atomic E-state index is -0.742. The molecule has 10 nitrogen and oxygen atoms in total. The summed E-state index contributed by atoms with van der Waals surface area (Å²) in [7, 11) is 1.49. The van der Waals surface area contributed by atoms with Crippen molar-refractivity contribution in [3.05, 3.63) is 56.2 Å². The topological polar surface area (TPSA) is 133 Å². The van der Waals surface area contributed by atoms with Crippen LogP contribution in [0.2, 0.25) is 0 Å². The van der Waals surface area contributed by atoms with Crippen molar-refractivity contribution in [2.75, 3.05) is 37.5 Å². The van der Waals surface area contributed by atoms with Gasteiger partial charge < -0.3 is 15.2 Å². The molecule has 0 unspecified atom stereocenters. The van der Waals surface area contributed by atoms with Crippen molar-refractivity contribution in [3.8, 4) is 16.3 Å². The third-order valence-electron chi connectivity index (χ3n) is 4.93. The number of rotatable bonds is 10. The predicted octanol–water partition coefficient (Wildman–Crippen LogP) is 2.59. The zero-order chi connectivity index (χ0) is 24.8. The van der Waals surface area contributed by atoms with Crippen molar-refractivity contribution in [1.29, 1.82) is 0 Å². The Bertz CT molecular complexity index is 1250. The van der Waals surface area contributed by atoms with Gasteiger partial charge in [0.2, 0.25) is 0 Å². The Kier molecular flexibility index (Phi) is 8.24. The first-order valence-corrected chi connectivity index (χ1v) is 11.8. The highest BCUT2D eigenvalue weighted by Gasteiger charge is 2.27. The van der Waals surface area contributed by atoms with E-state index in [1.165, 1.54) is 27.9 Å². The van der Waals surface area contributed by atoms with Crippen LogP contribution in [0.5, 0.6) is 5.75 Å². The van der Waals surface area contributed by atoms with Crippen LogP contribution in [-0.2, 0) is 11.3 Å². The minimum absolute atomic E-state index is 0.0540. The first kappa shape index (κ1) is 25.2. The molecule has 0 atom stereocenters. The highest BCUT2D eigenvalue weighted by atomic mass is 32.1. The fraction of sp³-hybridized carbons (Fsp3) is 0.391. The number of aromatic amines is 1. The molecule has 0 bridgehead atoms. The van der Waals surface area contributed by atoms with E-state index in [-0.39, 0.29) is 36.3 Å². The molecule has 3 rings (SSSR count). The summed E-state index contributed by atoms with van der Waals surface area (Å²) in [6, 6.07) is 7.41. The number of carbonyl (C=O) groups is 1. The Balaban J connectivity index is 1.99. The number of nitrogens with zero attached hydrogens (tertiary/aromatic N) is 3. The van der Waals surface area contributed by atoms with Gasteiger partial charge in [0.15, 0.2) is 5.69 Å². The number of hydrogen-bond acceptors (Lipinski definition) is 8. The summed E-state index contributed by atoms with van der Waals surface area (Å²) >= 11 is 1.31. The van der Waals surface area contributed by atoms with Gasteiger partial charge in [0, 0.05) is 31.1 Å². The Labute approximate surface area is 201 Å². The van der Waals surface area contributed by atoms with Gasteiger partial charge in [-0.05, 0) is 37.1 Å². The number of amides is 1. The van der Waals surface area contributed by atoms with Crippen molar-refractivity contribution in [3.63, 3.8) is 0 Å². The van der Waals surface area contributed by atoms with Gasteiger partial charge in [0.25, 0.3) is 11.5 Å². The molecule has 0 spiro atoms. The first-order valence-electron chi connectivity index (χ1n) is 10.9. The Morgan fingerprint density at radius 1 is 1.26 bits per heavy atom. The number of anilines is 2. The fourth-order valence-corrected chi connectivity index (χ4v) is 4.19. The van der Waals surface area contributed by atoms with E-state index in [9.17, 15) is 14.4 Å². The molecule has 3 aromatic rings. The molecule has 1 amide bonds. The number of aromatic nitrogens is 3. The molecule has 0 fully saturated rings. The molecule has 11 heteroatoms. The van der Waals surface area contributed by atoms with Gasteiger partial charge in [-0.3, -0.25) is 24.0 Å². The normalized spacial score (nSPS) is 11.1. The molecular weight excluding hydrogens is 458 g/mol. The molecule has 0 aliphatic heterocycles. The third-order valence-corrected chi connectivity index (χ3v) is 5.82. The lowest BCUT2D eigenvalue weighted by atomic mass is 10.2. The number of ether oxygens (including phenoxy) is 2.